The zero-order valence-corrected chi connectivity index (χ0v) is 39.3. The highest BCUT2D eigenvalue weighted by Crippen LogP contribution is 2.17. The molecule has 0 bridgehead atoms. The van der Waals surface area contributed by atoms with Crippen molar-refractivity contribution in [3.05, 3.63) is 0 Å². The lowest BCUT2D eigenvalue weighted by molar-refractivity contribution is -0.143. The Labute approximate surface area is 362 Å². The van der Waals surface area contributed by atoms with Crippen LogP contribution in [0, 0.1) is 0 Å². The van der Waals surface area contributed by atoms with E-state index in [1.165, 1.54) is 205 Å². The van der Waals surface area contributed by atoms with Gasteiger partial charge in [0.25, 0.3) is 0 Å². The summed E-state index contributed by atoms with van der Waals surface area (Å²) in [5, 5.41) is 23.3. The average Bonchev–Trinajstić information content (AvgIpc) is 3.22. The Hall–Kier alpha value is -1.14. The second-order valence-electron chi connectivity index (χ2n) is 18.2. The van der Waals surface area contributed by atoms with Crippen LogP contribution in [0.25, 0.3) is 0 Å². The number of aliphatic hydroxyl groups is 2. The van der Waals surface area contributed by atoms with Crippen LogP contribution in [0.15, 0.2) is 0 Å². The van der Waals surface area contributed by atoms with Crippen molar-refractivity contribution in [1.29, 1.82) is 0 Å². The summed E-state index contributed by atoms with van der Waals surface area (Å²) >= 11 is 0. The van der Waals surface area contributed by atoms with Gasteiger partial charge < -0.3 is 20.3 Å². The molecule has 0 aliphatic heterocycles. The molecule has 0 spiro atoms. The lowest BCUT2D eigenvalue weighted by Gasteiger charge is -2.22. The van der Waals surface area contributed by atoms with Gasteiger partial charge in [-0.05, 0) is 25.7 Å². The SMILES string of the molecule is CCCCCCCCCCCCCCCCCCCCCCC(O)C(CO)NC(=O)CCCCCCCCCCCOC(=O)CCCCCCCCCCCCCC. The number of nitrogens with one attached hydrogen (secondary N) is 1. The van der Waals surface area contributed by atoms with Gasteiger partial charge in [-0.1, -0.05) is 258 Å². The third-order valence-electron chi connectivity index (χ3n) is 12.4. The van der Waals surface area contributed by atoms with Gasteiger partial charge in [0.05, 0.1) is 25.4 Å². The van der Waals surface area contributed by atoms with Crippen LogP contribution in [0.1, 0.15) is 296 Å². The van der Waals surface area contributed by atoms with Gasteiger partial charge in [0.15, 0.2) is 0 Å². The van der Waals surface area contributed by atoms with E-state index in [1.807, 2.05) is 0 Å². The Morgan fingerprint density at radius 3 is 1.05 bits per heavy atom. The molecule has 0 fully saturated rings. The third-order valence-corrected chi connectivity index (χ3v) is 12.4. The summed E-state index contributed by atoms with van der Waals surface area (Å²) in [6, 6.07) is -0.560. The van der Waals surface area contributed by atoms with Crippen LogP contribution in [0.3, 0.4) is 0 Å². The highest BCUT2D eigenvalue weighted by atomic mass is 16.5. The summed E-state index contributed by atoms with van der Waals surface area (Å²) in [4.78, 5) is 24.5. The molecule has 0 aliphatic rings. The molecule has 0 saturated carbocycles. The summed E-state index contributed by atoms with van der Waals surface area (Å²) in [6.45, 7) is 4.91. The van der Waals surface area contributed by atoms with Gasteiger partial charge in [0.1, 0.15) is 0 Å². The first-order chi connectivity index (χ1) is 28.5. The molecule has 0 aromatic carbocycles. The summed E-state index contributed by atoms with van der Waals surface area (Å²) in [5.74, 6) is -0.0821. The molecule has 6 nitrogen and oxygen atoms in total. The molecule has 6 heteroatoms. The van der Waals surface area contributed by atoms with E-state index >= 15 is 0 Å². The van der Waals surface area contributed by atoms with Crippen molar-refractivity contribution in [2.75, 3.05) is 13.2 Å². The van der Waals surface area contributed by atoms with E-state index in [0.29, 0.717) is 25.9 Å². The number of unbranched alkanes of at least 4 members (excludes halogenated alkanes) is 38. The fourth-order valence-electron chi connectivity index (χ4n) is 8.35. The van der Waals surface area contributed by atoms with E-state index in [1.54, 1.807) is 0 Å². The first-order valence-electron chi connectivity index (χ1n) is 26.3. The van der Waals surface area contributed by atoms with Gasteiger partial charge in [-0.2, -0.15) is 0 Å². The number of aliphatic hydroxyl groups excluding tert-OH is 2. The molecule has 346 valence electrons. The van der Waals surface area contributed by atoms with Crippen LogP contribution in [0.4, 0.5) is 0 Å². The van der Waals surface area contributed by atoms with Gasteiger partial charge in [0, 0.05) is 12.8 Å². The Kier molecular flexibility index (Phi) is 47.6. The number of ether oxygens (including phenoxy) is 1. The highest BCUT2D eigenvalue weighted by molar-refractivity contribution is 5.76. The molecule has 58 heavy (non-hydrogen) atoms. The Morgan fingerprint density at radius 1 is 0.414 bits per heavy atom. The van der Waals surface area contributed by atoms with E-state index in [0.717, 1.165) is 57.8 Å². The molecule has 0 heterocycles. The largest absolute Gasteiger partial charge is 0.466 e. The number of rotatable bonds is 49. The maximum Gasteiger partial charge on any atom is 0.305 e. The first-order valence-corrected chi connectivity index (χ1v) is 26.3. The average molecular weight is 822 g/mol. The minimum atomic E-state index is -0.680. The third kappa shape index (κ3) is 44.4. The van der Waals surface area contributed by atoms with Crippen LogP contribution in [-0.2, 0) is 14.3 Å². The van der Waals surface area contributed by atoms with E-state index in [2.05, 4.69) is 19.2 Å². The lowest BCUT2D eigenvalue weighted by Crippen LogP contribution is -2.45. The summed E-state index contributed by atoms with van der Waals surface area (Å²) in [6.07, 6.45) is 53.6. The topological polar surface area (TPSA) is 95.9 Å². The number of hydrogen-bond acceptors (Lipinski definition) is 5. The second-order valence-corrected chi connectivity index (χ2v) is 18.2. The smallest absolute Gasteiger partial charge is 0.305 e. The molecule has 2 unspecified atom stereocenters. The molecule has 0 aromatic rings. The molecule has 0 radical (unpaired) electrons. The summed E-state index contributed by atoms with van der Waals surface area (Å²) in [7, 11) is 0. The van der Waals surface area contributed by atoms with Gasteiger partial charge >= 0.3 is 5.97 Å². The van der Waals surface area contributed by atoms with Crippen molar-refractivity contribution >= 4 is 11.9 Å². The minimum absolute atomic E-state index is 0.0232. The van der Waals surface area contributed by atoms with E-state index in [4.69, 9.17) is 4.74 Å². The fourth-order valence-corrected chi connectivity index (χ4v) is 8.35. The van der Waals surface area contributed by atoms with Crippen LogP contribution < -0.4 is 5.32 Å². The highest BCUT2D eigenvalue weighted by Gasteiger charge is 2.20. The Balaban J connectivity index is 3.47. The molecule has 0 rings (SSSR count). The molecule has 0 saturated heterocycles. The number of esters is 1. The van der Waals surface area contributed by atoms with Crippen molar-refractivity contribution in [2.24, 2.45) is 0 Å². The van der Waals surface area contributed by atoms with Gasteiger partial charge in [-0.3, -0.25) is 9.59 Å². The van der Waals surface area contributed by atoms with Crippen LogP contribution in [0.2, 0.25) is 0 Å². The van der Waals surface area contributed by atoms with Crippen molar-refractivity contribution < 1.29 is 24.5 Å². The number of hydrogen-bond donors (Lipinski definition) is 3. The van der Waals surface area contributed by atoms with E-state index in [-0.39, 0.29) is 18.5 Å². The Bertz CT molecular complexity index is 822. The molecule has 0 aliphatic carbocycles. The quantitative estimate of drug-likeness (QED) is 0.0420. The first kappa shape index (κ1) is 56.9. The van der Waals surface area contributed by atoms with E-state index in [9.17, 15) is 19.8 Å². The standard InChI is InChI=1S/C52H103NO5/c1-3-5-7-9-11-13-15-17-18-19-20-21-22-23-24-25-28-32-36-40-44-50(55)49(48-54)53-51(56)45-41-37-33-29-27-31-35-39-43-47-58-52(57)46-42-38-34-30-26-16-14-12-10-8-6-4-2/h49-50,54-55H,3-48H2,1-2H3,(H,53,56). The summed E-state index contributed by atoms with van der Waals surface area (Å²) < 4.78 is 5.44. The van der Waals surface area contributed by atoms with Crippen molar-refractivity contribution in [2.45, 2.75) is 309 Å². The van der Waals surface area contributed by atoms with Crippen molar-refractivity contribution in [1.82, 2.24) is 5.32 Å². The zero-order valence-electron chi connectivity index (χ0n) is 39.3. The monoisotopic (exact) mass is 822 g/mol. The molecule has 2 atom stereocenters. The molecular weight excluding hydrogens is 719 g/mol. The predicted octanol–water partition coefficient (Wildman–Crippen LogP) is 15.6. The maximum atomic E-state index is 12.5. The maximum absolute atomic E-state index is 12.5. The Morgan fingerprint density at radius 2 is 0.707 bits per heavy atom. The van der Waals surface area contributed by atoms with Gasteiger partial charge in [-0.15, -0.1) is 0 Å². The normalized spacial score (nSPS) is 12.6. The van der Waals surface area contributed by atoms with E-state index < -0.39 is 12.1 Å². The zero-order chi connectivity index (χ0) is 42.3. The number of carbonyl (C=O) groups is 2. The van der Waals surface area contributed by atoms with Crippen LogP contribution >= 0.6 is 0 Å². The molecule has 1 amide bonds. The molecular formula is C52H103NO5. The minimum Gasteiger partial charge on any atom is -0.466 e. The fraction of sp³-hybridized carbons (Fsp3) is 0.962. The second kappa shape index (κ2) is 48.5. The predicted molar refractivity (Wildman–Crippen MR) is 250 cm³/mol. The van der Waals surface area contributed by atoms with Gasteiger partial charge in [-0.25, -0.2) is 0 Å². The lowest BCUT2D eigenvalue weighted by atomic mass is 10.0. The number of amides is 1. The van der Waals surface area contributed by atoms with Crippen LogP contribution in [-0.4, -0.2) is 47.4 Å². The molecule has 3 N–H and O–H groups in total. The molecule has 0 aromatic heterocycles. The summed E-state index contributed by atoms with van der Waals surface area (Å²) in [5.41, 5.74) is 0. The van der Waals surface area contributed by atoms with Crippen LogP contribution in [0.5, 0.6) is 0 Å². The van der Waals surface area contributed by atoms with Gasteiger partial charge in [0.2, 0.25) is 5.91 Å². The van der Waals surface area contributed by atoms with Crippen molar-refractivity contribution in [3.63, 3.8) is 0 Å². The number of carbonyl (C=O) groups excluding carboxylic acids is 2. The van der Waals surface area contributed by atoms with Crippen molar-refractivity contribution in [3.8, 4) is 0 Å².